The van der Waals surface area contributed by atoms with Gasteiger partial charge in [0.05, 0.1) is 23.1 Å². The molecule has 1 aromatic carbocycles. The lowest BCUT2D eigenvalue weighted by atomic mass is 9.84. The van der Waals surface area contributed by atoms with Crippen molar-refractivity contribution in [1.82, 2.24) is 20.2 Å². The van der Waals surface area contributed by atoms with Gasteiger partial charge in [0.15, 0.2) is 0 Å². The molecule has 1 atom stereocenters. The first-order chi connectivity index (χ1) is 10.6. The summed E-state index contributed by atoms with van der Waals surface area (Å²) < 4.78 is 0.711. The minimum absolute atomic E-state index is 0.0726. The van der Waals surface area contributed by atoms with E-state index >= 15 is 0 Å². The fraction of sp³-hybridized carbons (Fsp3) is 0.467. The van der Waals surface area contributed by atoms with Crippen LogP contribution in [0, 0.1) is 5.92 Å². The molecule has 0 aliphatic carbocycles. The summed E-state index contributed by atoms with van der Waals surface area (Å²) in [5.74, 6) is 0.525. The number of carbonyl (C=O) groups is 1. The number of nitrogens with one attached hydrogen (secondary N) is 2. The van der Waals surface area contributed by atoms with Gasteiger partial charge < -0.3 is 20.9 Å². The van der Waals surface area contributed by atoms with Crippen LogP contribution in [0.5, 0.6) is 0 Å². The third-order valence-corrected chi connectivity index (χ3v) is 5.57. The molecule has 5 rings (SSSR count). The predicted octanol–water partition coefficient (Wildman–Crippen LogP) is 1.73. The van der Waals surface area contributed by atoms with E-state index in [1.165, 1.54) is 12.8 Å². The highest BCUT2D eigenvalue weighted by Crippen LogP contribution is 2.31. The van der Waals surface area contributed by atoms with Crippen LogP contribution in [0.4, 0.5) is 5.69 Å². The van der Waals surface area contributed by atoms with E-state index in [2.05, 4.69) is 36.1 Å². The molecule has 2 aromatic rings. The van der Waals surface area contributed by atoms with Gasteiger partial charge in [0.25, 0.3) is 5.91 Å². The maximum Gasteiger partial charge on any atom is 0.253 e. The molecule has 0 saturated carbocycles. The van der Waals surface area contributed by atoms with E-state index in [9.17, 15) is 4.79 Å². The molecule has 1 aromatic heterocycles. The number of piperidine rings is 3. The summed E-state index contributed by atoms with van der Waals surface area (Å²) in [6, 6.07) is 2.00. The van der Waals surface area contributed by atoms with E-state index in [0.717, 1.165) is 19.6 Å². The number of hydrogen-bond donors (Lipinski definition) is 3. The molecule has 3 aliphatic rings. The third-order valence-electron chi connectivity index (χ3n) is 4.91. The SMILES string of the molecule is Nc1c(Br)cc(C(=O)N[C@@H]2CN3CCC2CC3)c2nc[nH]c12. The number of H-pyrrole nitrogens is 1. The summed E-state index contributed by atoms with van der Waals surface area (Å²) in [7, 11) is 0. The lowest BCUT2D eigenvalue weighted by Gasteiger charge is -2.44. The maximum atomic E-state index is 12.7. The van der Waals surface area contributed by atoms with Crippen molar-refractivity contribution in [3.05, 3.63) is 22.4 Å². The van der Waals surface area contributed by atoms with Gasteiger partial charge in [-0.25, -0.2) is 4.98 Å². The van der Waals surface area contributed by atoms with Gasteiger partial charge in [-0.1, -0.05) is 0 Å². The normalized spacial score (nSPS) is 27.2. The largest absolute Gasteiger partial charge is 0.396 e. The Labute approximate surface area is 136 Å². The van der Waals surface area contributed by atoms with Gasteiger partial charge >= 0.3 is 0 Å². The number of halogens is 1. The van der Waals surface area contributed by atoms with Crippen LogP contribution in [0.15, 0.2) is 16.9 Å². The molecule has 6 nitrogen and oxygen atoms in total. The highest BCUT2D eigenvalue weighted by atomic mass is 79.9. The Morgan fingerprint density at radius 2 is 2.23 bits per heavy atom. The number of amides is 1. The van der Waals surface area contributed by atoms with E-state index in [1.807, 2.05) is 0 Å². The fourth-order valence-electron chi connectivity index (χ4n) is 3.64. The van der Waals surface area contributed by atoms with Crippen LogP contribution in [-0.2, 0) is 0 Å². The van der Waals surface area contributed by atoms with Crippen molar-refractivity contribution >= 4 is 38.6 Å². The Bertz CT molecular complexity index is 735. The number of benzene rings is 1. The summed E-state index contributed by atoms with van der Waals surface area (Å²) in [4.78, 5) is 22.4. The fourth-order valence-corrected chi connectivity index (χ4v) is 4.07. The van der Waals surface area contributed by atoms with Crippen molar-refractivity contribution in [3.63, 3.8) is 0 Å². The molecule has 3 aliphatic heterocycles. The van der Waals surface area contributed by atoms with Crippen LogP contribution < -0.4 is 11.1 Å². The van der Waals surface area contributed by atoms with Gasteiger partial charge in [-0.15, -0.1) is 0 Å². The average Bonchev–Trinajstić information content (AvgIpc) is 3.02. The lowest BCUT2D eigenvalue weighted by molar-refractivity contribution is 0.0621. The monoisotopic (exact) mass is 363 g/mol. The van der Waals surface area contributed by atoms with E-state index in [-0.39, 0.29) is 11.9 Å². The summed E-state index contributed by atoms with van der Waals surface area (Å²) in [5.41, 5.74) is 8.48. The number of carbonyl (C=O) groups excluding carboxylic acids is 1. The zero-order valence-electron chi connectivity index (χ0n) is 12.1. The molecule has 3 fully saturated rings. The van der Waals surface area contributed by atoms with Gasteiger partial charge in [0, 0.05) is 17.1 Å². The van der Waals surface area contributed by atoms with Crippen LogP contribution in [0.1, 0.15) is 23.2 Å². The first-order valence-corrected chi connectivity index (χ1v) is 8.37. The minimum atomic E-state index is -0.0726. The summed E-state index contributed by atoms with van der Waals surface area (Å²) in [6.45, 7) is 3.28. The molecule has 116 valence electrons. The van der Waals surface area contributed by atoms with Crippen LogP contribution in [-0.4, -0.2) is 46.5 Å². The third kappa shape index (κ3) is 2.19. The molecule has 4 heterocycles. The topological polar surface area (TPSA) is 87.0 Å². The molecular formula is C15H18BrN5O. The Kier molecular flexibility index (Phi) is 3.34. The van der Waals surface area contributed by atoms with E-state index in [4.69, 9.17) is 5.73 Å². The lowest BCUT2D eigenvalue weighted by Crippen LogP contribution is -2.57. The Balaban J connectivity index is 1.63. The molecule has 3 saturated heterocycles. The molecule has 0 unspecified atom stereocenters. The number of anilines is 1. The maximum absolute atomic E-state index is 12.7. The molecule has 22 heavy (non-hydrogen) atoms. The second-order valence-corrected chi connectivity index (χ2v) is 7.02. The zero-order chi connectivity index (χ0) is 15.3. The number of nitrogens with zero attached hydrogens (tertiary/aromatic N) is 2. The first kappa shape index (κ1) is 14.0. The van der Waals surface area contributed by atoms with Gasteiger partial charge in [-0.05, 0) is 53.8 Å². The number of aromatic nitrogens is 2. The number of hydrogen-bond acceptors (Lipinski definition) is 4. The van der Waals surface area contributed by atoms with Gasteiger partial charge in [-0.3, -0.25) is 4.79 Å². The number of aromatic amines is 1. The standard InChI is InChI=1S/C15H18BrN5O/c16-10-5-9(13-14(12(10)17)19-7-18-13)15(22)20-11-6-21-3-1-8(11)2-4-21/h5,7-8,11H,1-4,6,17H2,(H,18,19)(H,20,22)/t11-/m1/s1. The molecule has 0 spiro atoms. The Hall–Kier alpha value is -1.60. The Morgan fingerprint density at radius 3 is 2.91 bits per heavy atom. The Morgan fingerprint density at radius 1 is 1.45 bits per heavy atom. The summed E-state index contributed by atoms with van der Waals surface area (Å²) in [6.07, 6.45) is 3.92. The van der Waals surface area contributed by atoms with Crippen LogP contribution in [0.3, 0.4) is 0 Å². The molecular weight excluding hydrogens is 346 g/mol. The summed E-state index contributed by atoms with van der Waals surface area (Å²) in [5, 5.41) is 3.20. The van der Waals surface area contributed by atoms with E-state index in [0.29, 0.717) is 32.7 Å². The average molecular weight is 364 g/mol. The number of nitrogens with two attached hydrogens (primary N) is 1. The second-order valence-electron chi connectivity index (χ2n) is 6.16. The molecule has 1 amide bonds. The number of nitrogen functional groups attached to an aromatic ring is 1. The molecule has 0 radical (unpaired) electrons. The van der Waals surface area contributed by atoms with Crippen molar-refractivity contribution in [2.45, 2.75) is 18.9 Å². The number of fused-ring (bicyclic) bond motifs is 4. The highest BCUT2D eigenvalue weighted by Gasteiger charge is 2.35. The van der Waals surface area contributed by atoms with Crippen LogP contribution in [0.2, 0.25) is 0 Å². The molecule has 4 N–H and O–H groups in total. The molecule has 2 bridgehead atoms. The van der Waals surface area contributed by atoms with Gasteiger partial charge in [-0.2, -0.15) is 0 Å². The number of rotatable bonds is 2. The van der Waals surface area contributed by atoms with E-state index < -0.39 is 0 Å². The van der Waals surface area contributed by atoms with Gasteiger partial charge in [0.2, 0.25) is 0 Å². The van der Waals surface area contributed by atoms with Crippen molar-refractivity contribution in [3.8, 4) is 0 Å². The predicted molar refractivity (Wildman–Crippen MR) is 88.6 cm³/mol. The first-order valence-electron chi connectivity index (χ1n) is 7.58. The van der Waals surface area contributed by atoms with Crippen molar-refractivity contribution in [2.75, 3.05) is 25.4 Å². The molecule has 7 heteroatoms. The smallest absolute Gasteiger partial charge is 0.253 e. The second kappa shape index (κ2) is 5.24. The van der Waals surface area contributed by atoms with Crippen molar-refractivity contribution in [2.24, 2.45) is 5.92 Å². The van der Waals surface area contributed by atoms with Crippen LogP contribution >= 0.6 is 15.9 Å². The minimum Gasteiger partial charge on any atom is -0.396 e. The number of imidazole rings is 1. The summed E-state index contributed by atoms with van der Waals surface area (Å²) >= 11 is 3.42. The van der Waals surface area contributed by atoms with Crippen molar-refractivity contribution < 1.29 is 4.79 Å². The highest BCUT2D eigenvalue weighted by molar-refractivity contribution is 9.10. The van der Waals surface area contributed by atoms with E-state index in [1.54, 1.807) is 12.4 Å². The zero-order valence-corrected chi connectivity index (χ0v) is 13.7. The van der Waals surface area contributed by atoms with Crippen LogP contribution in [0.25, 0.3) is 11.0 Å². The van der Waals surface area contributed by atoms with Gasteiger partial charge in [0.1, 0.15) is 5.52 Å². The quantitative estimate of drug-likeness (QED) is 0.709. The van der Waals surface area contributed by atoms with Crippen molar-refractivity contribution in [1.29, 1.82) is 0 Å².